The van der Waals surface area contributed by atoms with E-state index >= 15 is 0 Å². The minimum Gasteiger partial charge on any atom is -0.368 e. The normalized spacial score (nSPS) is 16.8. The van der Waals surface area contributed by atoms with Gasteiger partial charge in [-0.1, -0.05) is 38.1 Å². The van der Waals surface area contributed by atoms with Crippen LogP contribution in [0.1, 0.15) is 49.8 Å². The Kier molecular flexibility index (Phi) is 4.02. The number of benzene rings is 1. The predicted molar refractivity (Wildman–Crippen MR) is 73.2 cm³/mol. The summed E-state index contributed by atoms with van der Waals surface area (Å²) in [4.78, 5) is 11.5. The lowest BCUT2D eigenvalue weighted by Gasteiger charge is -2.17. The van der Waals surface area contributed by atoms with Crippen molar-refractivity contribution in [1.82, 2.24) is 5.32 Å². The number of hydrogen-bond acceptors (Lipinski definition) is 2. The molecule has 0 aromatic heterocycles. The molecular weight excluding hydrogens is 224 g/mol. The minimum absolute atomic E-state index is 0.310. The fourth-order valence-corrected chi connectivity index (χ4v) is 2.11. The van der Waals surface area contributed by atoms with Crippen LogP contribution in [0, 0.1) is 5.92 Å². The zero-order chi connectivity index (χ0) is 13.1. The molecule has 0 spiro atoms. The molecule has 18 heavy (non-hydrogen) atoms. The van der Waals surface area contributed by atoms with Crippen molar-refractivity contribution >= 4 is 5.91 Å². The van der Waals surface area contributed by atoms with E-state index in [1.165, 1.54) is 18.4 Å². The molecule has 1 aromatic carbocycles. The van der Waals surface area contributed by atoms with Gasteiger partial charge < -0.3 is 11.1 Å². The first-order valence-corrected chi connectivity index (χ1v) is 6.70. The zero-order valence-corrected chi connectivity index (χ0v) is 11.1. The van der Waals surface area contributed by atoms with Crippen LogP contribution in [0.2, 0.25) is 0 Å². The van der Waals surface area contributed by atoms with E-state index in [0.717, 1.165) is 18.0 Å². The van der Waals surface area contributed by atoms with E-state index in [9.17, 15) is 4.79 Å². The molecule has 2 rings (SSSR count). The number of rotatable bonds is 6. The second-order valence-electron chi connectivity index (χ2n) is 5.58. The Morgan fingerprint density at radius 1 is 1.33 bits per heavy atom. The molecule has 1 aliphatic rings. The number of nitrogens with two attached hydrogens (primary N) is 1. The van der Waals surface area contributed by atoms with Crippen molar-refractivity contribution in [3.05, 3.63) is 35.4 Å². The molecule has 0 aliphatic heterocycles. The van der Waals surface area contributed by atoms with Gasteiger partial charge in [-0.15, -0.1) is 0 Å². The summed E-state index contributed by atoms with van der Waals surface area (Å²) in [5.41, 5.74) is 7.81. The summed E-state index contributed by atoms with van der Waals surface area (Å²) >= 11 is 0. The van der Waals surface area contributed by atoms with Gasteiger partial charge in [-0.25, -0.2) is 0 Å². The van der Waals surface area contributed by atoms with E-state index in [4.69, 9.17) is 5.73 Å². The molecule has 1 amide bonds. The first-order chi connectivity index (χ1) is 8.58. The van der Waals surface area contributed by atoms with E-state index in [0.29, 0.717) is 5.92 Å². The Morgan fingerprint density at radius 3 is 2.39 bits per heavy atom. The number of nitrogens with one attached hydrogen (secondary N) is 1. The number of amides is 1. The van der Waals surface area contributed by atoms with E-state index < -0.39 is 0 Å². The van der Waals surface area contributed by atoms with Gasteiger partial charge in [0.15, 0.2) is 0 Å². The maximum atomic E-state index is 11.5. The molecule has 0 heterocycles. The highest BCUT2D eigenvalue weighted by Gasteiger charge is 2.24. The Balaban J connectivity index is 2.06. The lowest BCUT2D eigenvalue weighted by atomic mass is 10.0. The van der Waals surface area contributed by atoms with Crippen LogP contribution >= 0.6 is 0 Å². The van der Waals surface area contributed by atoms with Crippen molar-refractivity contribution in [2.75, 3.05) is 6.54 Å². The van der Waals surface area contributed by atoms with Crippen LogP contribution < -0.4 is 11.1 Å². The van der Waals surface area contributed by atoms with Crippen molar-refractivity contribution < 1.29 is 4.79 Å². The van der Waals surface area contributed by atoms with Gasteiger partial charge in [0.05, 0.1) is 0 Å². The lowest BCUT2D eigenvalue weighted by Crippen LogP contribution is -2.35. The smallest absolute Gasteiger partial charge is 0.239 e. The maximum Gasteiger partial charge on any atom is 0.239 e. The third-order valence-corrected chi connectivity index (χ3v) is 3.33. The lowest BCUT2D eigenvalue weighted by molar-refractivity contribution is -0.120. The summed E-state index contributed by atoms with van der Waals surface area (Å²) in [5, 5.41) is 3.22. The zero-order valence-electron chi connectivity index (χ0n) is 11.1. The number of carbonyl (C=O) groups excluding carboxylic acids is 1. The van der Waals surface area contributed by atoms with Gasteiger partial charge >= 0.3 is 0 Å². The maximum absolute atomic E-state index is 11.5. The third-order valence-electron chi connectivity index (χ3n) is 3.33. The van der Waals surface area contributed by atoms with Gasteiger partial charge in [0, 0.05) is 0 Å². The Morgan fingerprint density at radius 2 is 1.94 bits per heavy atom. The quantitative estimate of drug-likeness (QED) is 0.809. The van der Waals surface area contributed by atoms with Gasteiger partial charge in [-0.2, -0.15) is 0 Å². The van der Waals surface area contributed by atoms with Gasteiger partial charge in [0.2, 0.25) is 5.91 Å². The van der Waals surface area contributed by atoms with Crippen molar-refractivity contribution in [3.8, 4) is 0 Å². The molecule has 3 nitrogen and oxygen atoms in total. The SMILES string of the molecule is CC(C)CNC(C(N)=O)c1ccc(C2CC2)cc1. The van der Waals surface area contributed by atoms with E-state index in [-0.39, 0.29) is 11.9 Å². The van der Waals surface area contributed by atoms with Crippen molar-refractivity contribution in [3.63, 3.8) is 0 Å². The Bertz CT molecular complexity index is 407. The third kappa shape index (κ3) is 3.33. The highest BCUT2D eigenvalue weighted by molar-refractivity contribution is 5.81. The first-order valence-electron chi connectivity index (χ1n) is 6.70. The number of primary amides is 1. The van der Waals surface area contributed by atoms with Gasteiger partial charge in [0.25, 0.3) is 0 Å². The molecule has 3 N–H and O–H groups in total. The van der Waals surface area contributed by atoms with Gasteiger partial charge in [-0.05, 0) is 42.3 Å². The van der Waals surface area contributed by atoms with E-state index in [1.807, 2.05) is 12.1 Å². The molecule has 0 bridgehead atoms. The van der Waals surface area contributed by atoms with Crippen LogP contribution in [-0.4, -0.2) is 12.5 Å². The topological polar surface area (TPSA) is 55.1 Å². The van der Waals surface area contributed by atoms with Crippen LogP contribution in [0.15, 0.2) is 24.3 Å². The van der Waals surface area contributed by atoms with Gasteiger partial charge in [-0.3, -0.25) is 4.79 Å². The molecule has 0 saturated heterocycles. The van der Waals surface area contributed by atoms with Crippen LogP contribution in [0.3, 0.4) is 0 Å². The first kappa shape index (κ1) is 13.1. The van der Waals surface area contributed by atoms with Crippen molar-refractivity contribution in [2.24, 2.45) is 11.7 Å². The fourth-order valence-electron chi connectivity index (χ4n) is 2.11. The molecule has 1 unspecified atom stereocenters. The number of hydrogen-bond donors (Lipinski definition) is 2. The molecule has 98 valence electrons. The summed E-state index contributed by atoms with van der Waals surface area (Å²) in [7, 11) is 0. The highest BCUT2D eigenvalue weighted by atomic mass is 16.1. The molecule has 0 radical (unpaired) electrons. The van der Waals surface area contributed by atoms with E-state index in [1.54, 1.807) is 0 Å². The second kappa shape index (κ2) is 5.53. The summed E-state index contributed by atoms with van der Waals surface area (Å²) in [5.74, 6) is 0.933. The largest absolute Gasteiger partial charge is 0.368 e. The average molecular weight is 246 g/mol. The fraction of sp³-hybridized carbons (Fsp3) is 0.533. The molecule has 1 atom stereocenters. The van der Waals surface area contributed by atoms with Crippen LogP contribution in [0.25, 0.3) is 0 Å². The summed E-state index contributed by atoms with van der Waals surface area (Å²) < 4.78 is 0. The molecular formula is C15H22N2O. The highest BCUT2D eigenvalue weighted by Crippen LogP contribution is 2.40. The Hall–Kier alpha value is -1.35. The van der Waals surface area contributed by atoms with Crippen LogP contribution in [0.4, 0.5) is 0 Å². The van der Waals surface area contributed by atoms with Crippen LogP contribution in [0.5, 0.6) is 0 Å². The predicted octanol–water partition coefficient (Wildman–Crippen LogP) is 2.34. The second-order valence-corrected chi connectivity index (χ2v) is 5.58. The summed E-state index contributed by atoms with van der Waals surface area (Å²) in [6.45, 7) is 5.01. The summed E-state index contributed by atoms with van der Waals surface area (Å²) in [6, 6.07) is 7.92. The van der Waals surface area contributed by atoms with E-state index in [2.05, 4.69) is 31.3 Å². The van der Waals surface area contributed by atoms with Crippen LogP contribution in [-0.2, 0) is 4.79 Å². The number of carbonyl (C=O) groups is 1. The summed E-state index contributed by atoms with van der Waals surface area (Å²) in [6.07, 6.45) is 2.59. The average Bonchev–Trinajstić information content (AvgIpc) is 3.13. The minimum atomic E-state index is -0.374. The Labute approximate surface area is 109 Å². The standard InChI is InChI=1S/C15H22N2O/c1-10(2)9-17-14(15(16)18)13-7-5-12(6-8-13)11-3-4-11/h5-8,10-11,14,17H,3-4,9H2,1-2H3,(H2,16,18). The van der Waals surface area contributed by atoms with Gasteiger partial charge in [0.1, 0.15) is 6.04 Å². The molecule has 3 heteroatoms. The van der Waals surface area contributed by atoms with Crippen molar-refractivity contribution in [1.29, 1.82) is 0 Å². The molecule has 1 fully saturated rings. The molecule has 1 saturated carbocycles. The molecule has 1 aromatic rings. The monoisotopic (exact) mass is 246 g/mol. The molecule has 1 aliphatic carbocycles. The van der Waals surface area contributed by atoms with Crippen molar-refractivity contribution in [2.45, 2.75) is 38.6 Å².